The van der Waals surface area contributed by atoms with Gasteiger partial charge in [0.2, 0.25) is 5.88 Å². The number of carbonyl (C=O) groups is 1. The van der Waals surface area contributed by atoms with E-state index in [9.17, 15) is 15.3 Å². The van der Waals surface area contributed by atoms with Crippen LogP contribution in [-0.2, 0) is 27.1 Å². The number of hydrogen-bond acceptors (Lipinski definition) is 10. The molecule has 4 rings (SSSR count). The summed E-state index contributed by atoms with van der Waals surface area (Å²) in [6.07, 6.45) is 2.28. The van der Waals surface area contributed by atoms with Gasteiger partial charge in [-0.15, -0.1) is 0 Å². The molecule has 10 heteroatoms. The largest absolute Gasteiger partial charge is 0.493 e. The molecule has 0 amide bonds. The first-order valence-corrected chi connectivity index (χ1v) is 14.1. The minimum absolute atomic E-state index is 0.0809. The molecule has 0 saturated heterocycles. The summed E-state index contributed by atoms with van der Waals surface area (Å²) in [7, 11) is 1.52. The Hall–Kier alpha value is -4.15. The van der Waals surface area contributed by atoms with Gasteiger partial charge >= 0.3 is 5.97 Å². The number of esters is 1. The maximum atomic E-state index is 13.6. The Morgan fingerprint density at radius 1 is 1.15 bits per heavy atom. The zero-order valence-electron chi connectivity index (χ0n) is 23.2. The van der Waals surface area contributed by atoms with Crippen molar-refractivity contribution in [1.82, 2.24) is 4.98 Å². The zero-order valence-corrected chi connectivity index (χ0v) is 24.1. The van der Waals surface area contributed by atoms with Crippen molar-refractivity contribution in [3.05, 3.63) is 69.4 Å². The van der Waals surface area contributed by atoms with Crippen LogP contribution in [0.5, 0.6) is 11.5 Å². The van der Waals surface area contributed by atoms with E-state index in [4.69, 9.17) is 29.7 Å². The number of allylic oxidation sites excluding steroid dienone is 1. The predicted octanol–water partition coefficient (Wildman–Crippen LogP) is 5.04. The van der Waals surface area contributed by atoms with Crippen LogP contribution in [0.2, 0.25) is 0 Å². The number of fused-ring (bicyclic) bond motifs is 1. The number of aromatic nitrogens is 1. The summed E-state index contributed by atoms with van der Waals surface area (Å²) in [4.78, 5) is 18.3. The van der Waals surface area contributed by atoms with Gasteiger partial charge in [-0.2, -0.15) is 10.5 Å². The van der Waals surface area contributed by atoms with E-state index in [1.54, 1.807) is 32.0 Å². The lowest BCUT2D eigenvalue weighted by molar-refractivity contribution is -0.143. The Balaban J connectivity index is 1.80. The molecule has 1 aromatic heterocycles. The number of aryl methyl sites for hydroxylation is 2. The zero-order chi connectivity index (χ0) is 29.0. The van der Waals surface area contributed by atoms with Gasteiger partial charge in [0.1, 0.15) is 28.5 Å². The highest BCUT2D eigenvalue weighted by Gasteiger charge is 2.38. The van der Waals surface area contributed by atoms with Crippen molar-refractivity contribution >= 4 is 17.7 Å². The van der Waals surface area contributed by atoms with Crippen molar-refractivity contribution in [1.29, 1.82) is 10.5 Å². The third-order valence-electron chi connectivity index (χ3n) is 6.42. The minimum atomic E-state index is -0.869. The summed E-state index contributed by atoms with van der Waals surface area (Å²) < 4.78 is 22.9. The van der Waals surface area contributed by atoms with Crippen molar-refractivity contribution < 1.29 is 23.7 Å². The second kappa shape index (κ2) is 12.4. The number of benzene rings is 1. The number of hydrogen-bond donors (Lipinski definition) is 1. The first-order valence-electron chi connectivity index (χ1n) is 13.1. The van der Waals surface area contributed by atoms with Crippen molar-refractivity contribution in [3.8, 4) is 23.6 Å². The quantitative estimate of drug-likeness (QED) is 0.327. The Bertz CT molecular complexity index is 1470. The summed E-state index contributed by atoms with van der Waals surface area (Å²) in [5.41, 5.74) is 9.63. The molecule has 9 nitrogen and oxygen atoms in total. The summed E-state index contributed by atoms with van der Waals surface area (Å²) in [5, 5.41) is 20.4. The topological polar surface area (TPSA) is 140 Å². The molecule has 40 heavy (non-hydrogen) atoms. The van der Waals surface area contributed by atoms with E-state index >= 15 is 0 Å². The van der Waals surface area contributed by atoms with E-state index in [0.717, 1.165) is 30.5 Å². The molecule has 2 aromatic rings. The monoisotopic (exact) mass is 560 g/mol. The number of thioether (sulfide) groups is 1. The Kier molecular flexibility index (Phi) is 8.91. The molecule has 0 saturated carbocycles. The molecule has 0 radical (unpaired) electrons. The molecule has 0 fully saturated rings. The molecule has 1 atom stereocenters. The van der Waals surface area contributed by atoms with Crippen molar-refractivity contribution in [3.63, 3.8) is 0 Å². The number of nitriles is 2. The Morgan fingerprint density at radius 3 is 2.58 bits per heavy atom. The number of ether oxygens (including phenoxy) is 4. The van der Waals surface area contributed by atoms with Crippen LogP contribution in [0.1, 0.15) is 62.4 Å². The van der Waals surface area contributed by atoms with Gasteiger partial charge in [-0.25, -0.2) is 9.78 Å². The molecule has 2 N–H and O–H groups in total. The molecule has 0 spiro atoms. The lowest BCUT2D eigenvalue weighted by atomic mass is 9.83. The second-order valence-electron chi connectivity index (χ2n) is 9.99. The first-order chi connectivity index (χ1) is 19.2. The van der Waals surface area contributed by atoms with Crippen LogP contribution in [0.25, 0.3) is 0 Å². The summed E-state index contributed by atoms with van der Waals surface area (Å²) >= 11 is 1.28. The molecule has 1 aliphatic heterocycles. The molecule has 2 heterocycles. The van der Waals surface area contributed by atoms with E-state index in [0.29, 0.717) is 27.7 Å². The molecular formula is C30H32N4O5S. The predicted molar refractivity (Wildman–Crippen MR) is 149 cm³/mol. The Morgan fingerprint density at radius 2 is 1.93 bits per heavy atom. The molecule has 1 unspecified atom stereocenters. The number of nitrogens with zero attached hydrogens (tertiary/aromatic N) is 3. The van der Waals surface area contributed by atoms with Crippen LogP contribution < -0.4 is 15.2 Å². The van der Waals surface area contributed by atoms with Gasteiger partial charge in [0.15, 0.2) is 11.5 Å². The standard InChI is InChI=1S/C30H32N4O5S/c1-16(2)37-23-10-9-19(12-24(23)36-5)26-21(14-32)28(33)39-25(27(26)30(35)38-17(3)4)15-40-29-20(13-31)11-18-7-6-8-22(18)34-29/h9-12,16-17,26H,6-8,15,33H2,1-5H3. The highest BCUT2D eigenvalue weighted by molar-refractivity contribution is 7.99. The summed E-state index contributed by atoms with van der Waals surface area (Å²) in [5.74, 6) is -0.239. The fraction of sp³-hybridized carbons (Fsp3) is 0.400. The number of methoxy groups -OCH3 is 1. The highest BCUT2D eigenvalue weighted by atomic mass is 32.2. The minimum Gasteiger partial charge on any atom is -0.493 e. The van der Waals surface area contributed by atoms with Gasteiger partial charge < -0.3 is 24.7 Å². The van der Waals surface area contributed by atoms with Crippen molar-refractivity contribution in [2.75, 3.05) is 12.9 Å². The van der Waals surface area contributed by atoms with Gasteiger partial charge in [-0.05, 0) is 76.3 Å². The van der Waals surface area contributed by atoms with Crippen LogP contribution in [-0.4, -0.2) is 36.0 Å². The number of rotatable bonds is 9. The van der Waals surface area contributed by atoms with Crippen LogP contribution >= 0.6 is 11.8 Å². The average Bonchev–Trinajstić information content (AvgIpc) is 3.37. The maximum Gasteiger partial charge on any atom is 0.338 e. The second-order valence-corrected chi connectivity index (χ2v) is 11.0. The van der Waals surface area contributed by atoms with Gasteiger partial charge in [0.25, 0.3) is 0 Å². The summed E-state index contributed by atoms with van der Waals surface area (Å²) in [6, 6.07) is 11.5. The van der Waals surface area contributed by atoms with E-state index in [1.807, 2.05) is 19.9 Å². The highest BCUT2D eigenvalue weighted by Crippen LogP contribution is 2.44. The number of pyridine rings is 1. The molecule has 0 bridgehead atoms. The van der Waals surface area contributed by atoms with Gasteiger partial charge in [-0.3, -0.25) is 0 Å². The van der Waals surface area contributed by atoms with Gasteiger partial charge in [0.05, 0.1) is 42.1 Å². The maximum absolute atomic E-state index is 13.6. The lowest BCUT2D eigenvalue weighted by Gasteiger charge is -2.29. The fourth-order valence-corrected chi connectivity index (χ4v) is 5.67. The fourth-order valence-electron chi connectivity index (χ4n) is 4.75. The summed E-state index contributed by atoms with van der Waals surface area (Å²) in [6.45, 7) is 7.30. The molecule has 1 aliphatic carbocycles. The van der Waals surface area contributed by atoms with Gasteiger partial charge in [-0.1, -0.05) is 17.8 Å². The SMILES string of the molecule is COc1cc(C2C(C#N)=C(N)OC(CSc3nc4c(cc3C#N)CCC4)=C2C(=O)OC(C)C)ccc1OC(C)C. The van der Waals surface area contributed by atoms with E-state index in [-0.39, 0.29) is 34.6 Å². The number of nitrogens with two attached hydrogens (primary N) is 1. The molecule has 208 valence electrons. The van der Waals surface area contributed by atoms with E-state index in [2.05, 4.69) is 12.1 Å². The third kappa shape index (κ3) is 6.03. The van der Waals surface area contributed by atoms with Crippen LogP contribution in [0.15, 0.2) is 52.1 Å². The lowest BCUT2D eigenvalue weighted by Crippen LogP contribution is -2.28. The van der Waals surface area contributed by atoms with Crippen LogP contribution in [0.3, 0.4) is 0 Å². The molecule has 2 aliphatic rings. The molecular weight excluding hydrogens is 528 g/mol. The van der Waals surface area contributed by atoms with E-state index in [1.165, 1.54) is 18.9 Å². The molecule has 1 aromatic carbocycles. The van der Waals surface area contributed by atoms with Crippen molar-refractivity contribution in [2.24, 2.45) is 5.73 Å². The van der Waals surface area contributed by atoms with Crippen LogP contribution in [0.4, 0.5) is 0 Å². The van der Waals surface area contributed by atoms with E-state index < -0.39 is 18.0 Å². The normalized spacial score (nSPS) is 16.4. The Labute approximate surface area is 238 Å². The van der Waals surface area contributed by atoms with Crippen LogP contribution in [0, 0.1) is 22.7 Å². The number of carbonyl (C=O) groups excluding carboxylic acids is 1. The van der Waals surface area contributed by atoms with Gasteiger partial charge in [0, 0.05) is 5.69 Å². The smallest absolute Gasteiger partial charge is 0.338 e. The van der Waals surface area contributed by atoms with Crippen molar-refractivity contribution in [2.45, 2.75) is 70.1 Å². The average molecular weight is 561 g/mol. The first kappa shape index (κ1) is 28.8. The third-order valence-corrected chi connectivity index (χ3v) is 7.41.